The Labute approximate surface area is 174 Å². The SMILES string of the molecule is COC1=CCC(c2csc(-c3ccc(OC)cc3)c2C(O)c2cccnc2)C=C1. The second-order valence-electron chi connectivity index (χ2n) is 6.86. The first kappa shape index (κ1) is 19.4. The molecule has 1 aliphatic rings. The van der Waals surface area contributed by atoms with Gasteiger partial charge in [-0.25, -0.2) is 0 Å². The Balaban J connectivity index is 1.78. The maximum absolute atomic E-state index is 11.3. The number of allylic oxidation sites excluding steroid dienone is 3. The molecule has 0 fully saturated rings. The molecule has 0 spiro atoms. The zero-order chi connectivity index (χ0) is 20.2. The minimum atomic E-state index is -0.747. The summed E-state index contributed by atoms with van der Waals surface area (Å²) in [6, 6.07) is 11.7. The lowest BCUT2D eigenvalue weighted by Gasteiger charge is -2.20. The molecule has 2 unspecified atom stereocenters. The molecule has 5 heteroatoms. The molecule has 0 radical (unpaired) electrons. The predicted octanol–water partition coefficient (Wildman–Crippen LogP) is 5.47. The first-order chi connectivity index (χ1) is 14.2. The van der Waals surface area contributed by atoms with Gasteiger partial charge in [0.2, 0.25) is 0 Å². The lowest BCUT2D eigenvalue weighted by atomic mass is 9.86. The molecule has 4 rings (SSSR count). The van der Waals surface area contributed by atoms with Crippen LogP contribution in [0.2, 0.25) is 0 Å². The van der Waals surface area contributed by atoms with E-state index in [-0.39, 0.29) is 5.92 Å². The molecular formula is C24H23NO3S. The first-order valence-corrected chi connectivity index (χ1v) is 10.3. The Hall–Kier alpha value is -2.89. The van der Waals surface area contributed by atoms with Crippen LogP contribution in [0.5, 0.6) is 5.75 Å². The molecule has 148 valence electrons. The maximum atomic E-state index is 11.3. The van der Waals surface area contributed by atoms with E-state index in [0.717, 1.165) is 45.1 Å². The van der Waals surface area contributed by atoms with E-state index in [4.69, 9.17) is 9.47 Å². The van der Waals surface area contributed by atoms with Crippen molar-refractivity contribution in [2.24, 2.45) is 0 Å². The summed E-state index contributed by atoms with van der Waals surface area (Å²) in [7, 11) is 3.34. The van der Waals surface area contributed by atoms with Crippen LogP contribution in [0.1, 0.15) is 35.1 Å². The Morgan fingerprint density at radius 2 is 1.97 bits per heavy atom. The summed E-state index contributed by atoms with van der Waals surface area (Å²) in [6.45, 7) is 0. The zero-order valence-electron chi connectivity index (χ0n) is 16.4. The Kier molecular flexibility index (Phi) is 5.79. The number of benzene rings is 1. The molecule has 0 saturated carbocycles. The number of pyridine rings is 1. The van der Waals surface area contributed by atoms with Crippen LogP contribution in [0.3, 0.4) is 0 Å². The van der Waals surface area contributed by atoms with Crippen LogP contribution >= 0.6 is 11.3 Å². The van der Waals surface area contributed by atoms with Crippen LogP contribution in [0.15, 0.2) is 78.2 Å². The summed E-state index contributed by atoms with van der Waals surface area (Å²) in [5, 5.41) is 13.5. The van der Waals surface area contributed by atoms with Gasteiger partial charge in [-0.1, -0.05) is 12.1 Å². The van der Waals surface area contributed by atoms with Crippen molar-refractivity contribution in [3.63, 3.8) is 0 Å². The van der Waals surface area contributed by atoms with Crippen LogP contribution in [-0.4, -0.2) is 24.3 Å². The first-order valence-electron chi connectivity index (χ1n) is 9.47. The standard InChI is InChI=1S/C24H23NO3S/c1-27-19-9-5-16(6-10-19)21-15-29-24(17-7-11-20(28-2)12-8-17)22(21)23(26)18-4-3-13-25-14-18/h3-5,7-16,23,26H,6H2,1-2H3. The smallest absolute Gasteiger partial charge is 0.118 e. The van der Waals surface area contributed by atoms with E-state index in [1.807, 2.05) is 42.5 Å². The number of rotatable bonds is 6. The van der Waals surface area contributed by atoms with Gasteiger partial charge in [-0.05, 0) is 65.4 Å². The average molecular weight is 406 g/mol. The number of aromatic nitrogens is 1. The molecule has 2 heterocycles. The van der Waals surface area contributed by atoms with Gasteiger partial charge in [-0.2, -0.15) is 0 Å². The number of aliphatic hydroxyl groups excluding tert-OH is 1. The van der Waals surface area contributed by atoms with Crippen molar-refractivity contribution in [2.75, 3.05) is 14.2 Å². The third kappa shape index (κ3) is 3.97. The monoisotopic (exact) mass is 405 g/mol. The summed E-state index contributed by atoms with van der Waals surface area (Å²) in [4.78, 5) is 5.25. The molecule has 2 atom stereocenters. The van der Waals surface area contributed by atoms with Crippen LogP contribution in [0.4, 0.5) is 0 Å². The minimum Gasteiger partial charge on any atom is -0.497 e. The lowest BCUT2D eigenvalue weighted by molar-refractivity contribution is 0.219. The number of hydrogen-bond donors (Lipinski definition) is 1. The molecular weight excluding hydrogens is 382 g/mol. The van der Waals surface area contributed by atoms with Crippen molar-refractivity contribution in [2.45, 2.75) is 18.4 Å². The van der Waals surface area contributed by atoms with Crippen molar-refractivity contribution in [3.8, 4) is 16.2 Å². The van der Waals surface area contributed by atoms with Gasteiger partial charge in [0, 0.05) is 34.3 Å². The highest BCUT2D eigenvalue weighted by atomic mass is 32.1. The molecule has 1 N–H and O–H groups in total. The van der Waals surface area contributed by atoms with E-state index < -0.39 is 6.10 Å². The Morgan fingerprint density at radius 1 is 1.14 bits per heavy atom. The number of methoxy groups -OCH3 is 2. The van der Waals surface area contributed by atoms with Crippen molar-refractivity contribution in [3.05, 3.63) is 94.8 Å². The Morgan fingerprint density at radius 3 is 2.59 bits per heavy atom. The predicted molar refractivity (Wildman–Crippen MR) is 116 cm³/mol. The van der Waals surface area contributed by atoms with Crippen LogP contribution < -0.4 is 4.74 Å². The largest absolute Gasteiger partial charge is 0.497 e. The summed E-state index contributed by atoms with van der Waals surface area (Å²) in [5.41, 5.74) is 3.93. The van der Waals surface area contributed by atoms with Gasteiger partial charge in [0.1, 0.15) is 17.6 Å². The molecule has 0 saturated heterocycles. The number of aliphatic hydroxyl groups is 1. The molecule has 0 bridgehead atoms. The topological polar surface area (TPSA) is 51.6 Å². The fourth-order valence-electron chi connectivity index (χ4n) is 3.60. The highest BCUT2D eigenvalue weighted by Crippen LogP contribution is 2.44. The van der Waals surface area contributed by atoms with Gasteiger partial charge in [0.15, 0.2) is 0 Å². The van der Waals surface area contributed by atoms with Crippen molar-refractivity contribution in [1.82, 2.24) is 4.98 Å². The average Bonchev–Trinajstić information content (AvgIpc) is 3.24. The molecule has 1 aliphatic carbocycles. The fraction of sp³-hybridized carbons (Fsp3) is 0.208. The molecule has 4 nitrogen and oxygen atoms in total. The summed E-state index contributed by atoms with van der Waals surface area (Å²) < 4.78 is 10.6. The summed E-state index contributed by atoms with van der Waals surface area (Å²) in [6.07, 6.45) is 9.78. The maximum Gasteiger partial charge on any atom is 0.118 e. The number of ether oxygens (including phenoxy) is 2. The minimum absolute atomic E-state index is 0.193. The van der Waals surface area contributed by atoms with E-state index >= 15 is 0 Å². The van der Waals surface area contributed by atoms with E-state index in [1.165, 1.54) is 0 Å². The quantitative estimate of drug-likeness (QED) is 0.590. The molecule has 3 aromatic rings. The van der Waals surface area contributed by atoms with Gasteiger partial charge in [-0.15, -0.1) is 11.3 Å². The van der Waals surface area contributed by atoms with Gasteiger partial charge < -0.3 is 14.6 Å². The number of thiophene rings is 1. The van der Waals surface area contributed by atoms with Gasteiger partial charge in [-0.3, -0.25) is 4.98 Å². The highest BCUT2D eigenvalue weighted by molar-refractivity contribution is 7.14. The zero-order valence-corrected chi connectivity index (χ0v) is 17.2. The molecule has 29 heavy (non-hydrogen) atoms. The summed E-state index contributed by atoms with van der Waals surface area (Å²) >= 11 is 1.66. The van der Waals surface area contributed by atoms with Crippen LogP contribution in [0.25, 0.3) is 10.4 Å². The van der Waals surface area contributed by atoms with E-state index in [2.05, 4.69) is 22.5 Å². The molecule has 2 aromatic heterocycles. The second kappa shape index (κ2) is 8.64. The Bertz CT molecular complexity index is 1020. The van der Waals surface area contributed by atoms with E-state index in [9.17, 15) is 5.11 Å². The third-order valence-electron chi connectivity index (χ3n) is 5.19. The molecule has 0 amide bonds. The number of hydrogen-bond acceptors (Lipinski definition) is 5. The normalized spacial score (nSPS) is 16.9. The van der Waals surface area contributed by atoms with Gasteiger partial charge in [0.25, 0.3) is 0 Å². The van der Waals surface area contributed by atoms with Crippen molar-refractivity contribution < 1.29 is 14.6 Å². The van der Waals surface area contributed by atoms with Crippen molar-refractivity contribution in [1.29, 1.82) is 0 Å². The molecule has 1 aromatic carbocycles. The van der Waals surface area contributed by atoms with Gasteiger partial charge >= 0.3 is 0 Å². The van der Waals surface area contributed by atoms with Crippen LogP contribution in [0, 0.1) is 0 Å². The summed E-state index contributed by atoms with van der Waals surface area (Å²) in [5.74, 6) is 1.88. The van der Waals surface area contributed by atoms with E-state index in [0.29, 0.717) is 0 Å². The van der Waals surface area contributed by atoms with Gasteiger partial charge in [0.05, 0.1) is 14.2 Å². The highest BCUT2D eigenvalue weighted by Gasteiger charge is 2.26. The molecule has 0 aliphatic heterocycles. The number of nitrogens with zero attached hydrogens (tertiary/aromatic N) is 1. The van der Waals surface area contributed by atoms with Crippen molar-refractivity contribution >= 4 is 11.3 Å². The van der Waals surface area contributed by atoms with Crippen LogP contribution in [-0.2, 0) is 4.74 Å². The fourth-order valence-corrected chi connectivity index (χ4v) is 4.78. The second-order valence-corrected chi connectivity index (χ2v) is 7.74. The lowest BCUT2D eigenvalue weighted by Crippen LogP contribution is -2.07. The van der Waals surface area contributed by atoms with E-state index in [1.54, 1.807) is 38.0 Å². The third-order valence-corrected chi connectivity index (χ3v) is 6.25.